The summed E-state index contributed by atoms with van der Waals surface area (Å²) < 4.78 is 4.99. The summed E-state index contributed by atoms with van der Waals surface area (Å²) in [5.41, 5.74) is 1.70. The predicted molar refractivity (Wildman–Crippen MR) is 107 cm³/mol. The lowest BCUT2D eigenvalue weighted by Crippen LogP contribution is -2.36. The Morgan fingerprint density at radius 1 is 1.11 bits per heavy atom. The molecule has 1 N–H and O–H groups in total. The molecule has 6 heteroatoms. The summed E-state index contributed by atoms with van der Waals surface area (Å²) in [7, 11) is 0. The molecule has 0 aliphatic heterocycles. The van der Waals surface area contributed by atoms with E-state index in [0.717, 1.165) is 4.90 Å². The average Bonchev–Trinajstić information content (AvgIpc) is 3.11. The van der Waals surface area contributed by atoms with E-state index >= 15 is 0 Å². The van der Waals surface area contributed by atoms with Gasteiger partial charge in [0, 0.05) is 23.8 Å². The van der Waals surface area contributed by atoms with Gasteiger partial charge in [0.25, 0.3) is 5.91 Å². The van der Waals surface area contributed by atoms with E-state index in [4.69, 9.17) is 4.52 Å². The molecule has 1 amide bonds. The van der Waals surface area contributed by atoms with Crippen molar-refractivity contribution in [1.29, 1.82) is 0 Å². The van der Waals surface area contributed by atoms with E-state index in [1.54, 1.807) is 6.92 Å². The highest BCUT2D eigenvalue weighted by Gasteiger charge is 2.22. The number of amides is 1. The smallest absolute Gasteiger partial charge is 0.252 e. The Kier molecular flexibility index (Phi) is 5.96. The largest absolute Gasteiger partial charge is 0.351 e. The molecule has 1 aromatic heterocycles. The van der Waals surface area contributed by atoms with Gasteiger partial charge in [-0.15, -0.1) is 11.8 Å². The second-order valence-electron chi connectivity index (χ2n) is 6.95. The minimum Gasteiger partial charge on any atom is -0.351 e. The minimum absolute atomic E-state index is 0.0774. The number of thioether (sulfide) groups is 1. The van der Waals surface area contributed by atoms with Crippen LogP contribution in [0, 0.1) is 6.92 Å². The van der Waals surface area contributed by atoms with Gasteiger partial charge >= 0.3 is 0 Å². The van der Waals surface area contributed by atoms with Gasteiger partial charge in [-0.2, -0.15) is 4.98 Å². The standard InChI is InChI=1S/C21H23N3O2S/c1-15-23-19(24-26-15)13-27-18-12-8-7-11-17(18)20(25)22-14-21(2,3)16-9-5-4-6-10-16/h4-12H,13-14H2,1-3H3,(H,22,25). The average molecular weight is 382 g/mol. The van der Waals surface area contributed by atoms with Gasteiger partial charge in [0.05, 0.1) is 11.3 Å². The van der Waals surface area contributed by atoms with Crippen molar-refractivity contribution in [2.45, 2.75) is 36.8 Å². The zero-order chi connectivity index (χ0) is 19.3. The van der Waals surface area contributed by atoms with E-state index in [1.807, 2.05) is 42.5 Å². The van der Waals surface area contributed by atoms with Crippen molar-refractivity contribution in [2.24, 2.45) is 0 Å². The minimum atomic E-state index is -0.152. The SMILES string of the molecule is Cc1nc(CSc2ccccc2C(=O)NCC(C)(C)c2ccccc2)no1. The highest BCUT2D eigenvalue weighted by Crippen LogP contribution is 2.26. The number of benzene rings is 2. The Bertz CT molecular complexity index is 907. The van der Waals surface area contributed by atoms with Crippen molar-refractivity contribution < 1.29 is 9.32 Å². The number of nitrogens with zero attached hydrogens (tertiary/aromatic N) is 2. The van der Waals surface area contributed by atoms with Gasteiger partial charge in [-0.05, 0) is 17.7 Å². The molecule has 0 aliphatic rings. The van der Waals surface area contributed by atoms with Gasteiger partial charge in [0.2, 0.25) is 5.89 Å². The highest BCUT2D eigenvalue weighted by atomic mass is 32.2. The number of hydrogen-bond donors (Lipinski definition) is 1. The Labute approximate surface area is 163 Å². The molecule has 0 spiro atoms. The van der Waals surface area contributed by atoms with Crippen LogP contribution in [0.15, 0.2) is 64.0 Å². The molecule has 0 bridgehead atoms. The monoisotopic (exact) mass is 381 g/mol. The van der Waals surface area contributed by atoms with Gasteiger partial charge in [-0.3, -0.25) is 4.79 Å². The molecule has 140 valence electrons. The van der Waals surface area contributed by atoms with Crippen LogP contribution in [0.4, 0.5) is 0 Å². The molecule has 3 rings (SSSR count). The van der Waals surface area contributed by atoms with E-state index in [2.05, 4.69) is 41.4 Å². The quantitative estimate of drug-likeness (QED) is 0.615. The molecular weight excluding hydrogens is 358 g/mol. The van der Waals surface area contributed by atoms with Crippen LogP contribution in [0.3, 0.4) is 0 Å². The number of carbonyl (C=O) groups excluding carboxylic acids is 1. The molecule has 27 heavy (non-hydrogen) atoms. The lowest BCUT2D eigenvalue weighted by molar-refractivity contribution is 0.0942. The van der Waals surface area contributed by atoms with Gasteiger partial charge < -0.3 is 9.84 Å². The van der Waals surface area contributed by atoms with Crippen LogP contribution in [0.5, 0.6) is 0 Å². The fraction of sp³-hybridized carbons (Fsp3) is 0.286. The van der Waals surface area contributed by atoms with E-state index in [0.29, 0.717) is 29.6 Å². The zero-order valence-corrected chi connectivity index (χ0v) is 16.5. The summed E-state index contributed by atoms with van der Waals surface area (Å²) in [6.07, 6.45) is 0. The fourth-order valence-electron chi connectivity index (χ4n) is 2.71. The van der Waals surface area contributed by atoms with Crippen molar-refractivity contribution in [3.8, 4) is 0 Å². The van der Waals surface area contributed by atoms with Crippen LogP contribution >= 0.6 is 11.8 Å². The first-order chi connectivity index (χ1) is 13.0. The van der Waals surface area contributed by atoms with Crippen LogP contribution in [0.1, 0.15) is 41.5 Å². The molecule has 5 nitrogen and oxygen atoms in total. The third-order valence-electron chi connectivity index (χ3n) is 4.30. The summed E-state index contributed by atoms with van der Waals surface area (Å²) >= 11 is 1.53. The molecule has 0 atom stereocenters. The Balaban J connectivity index is 1.66. The number of rotatable bonds is 7. The maximum absolute atomic E-state index is 12.8. The Hall–Kier alpha value is -2.60. The summed E-state index contributed by atoms with van der Waals surface area (Å²) in [6.45, 7) is 6.57. The number of nitrogens with one attached hydrogen (secondary N) is 1. The Morgan fingerprint density at radius 2 is 1.81 bits per heavy atom. The second kappa shape index (κ2) is 8.39. The molecule has 0 unspecified atom stereocenters. The van der Waals surface area contributed by atoms with E-state index in [-0.39, 0.29) is 11.3 Å². The molecular formula is C21H23N3O2S. The number of aryl methyl sites for hydroxylation is 1. The molecule has 0 aliphatic carbocycles. The van der Waals surface area contributed by atoms with Gasteiger partial charge in [-0.25, -0.2) is 0 Å². The third kappa shape index (κ3) is 4.98. The van der Waals surface area contributed by atoms with Crippen molar-refractivity contribution in [3.05, 3.63) is 77.4 Å². The first-order valence-corrected chi connectivity index (χ1v) is 9.79. The predicted octanol–water partition coefficient (Wildman–Crippen LogP) is 4.38. The first-order valence-electron chi connectivity index (χ1n) is 8.80. The zero-order valence-electron chi connectivity index (χ0n) is 15.7. The van der Waals surface area contributed by atoms with Crippen molar-refractivity contribution in [1.82, 2.24) is 15.5 Å². The molecule has 2 aromatic carbocycles. The van der Waals surface area contributed by atoms with Crippen LogP contribution in [0.25, 0.3) is 0 Å². The summed E-state index contributed by atoms with van der Waals surface area (Å²) in [4.78, 5) is 17.9. The van der Waals surface area contributed by atoms with Crippen molar-refractivity contribution in [2.75, 3.05) is 6.54 Å². The molecule has 0 saturated carbocycles. The van der Waals surface area contributed by atoms with Gasteiger partial charge in [0.1, 0.15) is 0 Å². The first kappa shape index (κ1) is 19.2. The highest BCUT2D eigenvalue weighted by molar-refractivity contribution is 7.98. The maximum atomic E-state index is 12.8. The normalized spacial score (nSPS) is 11.4. The number of aromatic nitrogens is 2. The van der Waals surface area contributed by atoms with Gasteiger partial charge in [0.15, 0.2) is 5.82 Å². The van der Waals surface area contributed by atoms with Crippen LogP contribution < -0.4 is 5.32 Å². The lowest BCUT2D eigenvalue weighted by atomic mass is 9.84. The number of carbonyl (C=O) groups is 1. The van der Waals surface area contributed by atoms with E-state index in [1.165, 1.54) is 17.3 Å². The molecule has 1 heterocycles. The molecule has 3 aromatic rings. The fourth-order valence-corrected chi connectivity index (χ4v) is 3.60. The lowest BCUT2D eigenvalue weighted by Gasteiger charge is -2.25. The van der Waals surface area contributed by atoms with Crippen LogP contribution in [-0.4, -0.2) is 22.6 Å². The van der Waals surface area contributed by atoms with Gasteiger partial charge in [-0.1, -0.05) is 61.5 Å². The molecule has 0 fully saturated rings. The number of hydrogen-bond acceptors (Lipinski definition) is 5. The van der Waals surface area contributed by atoms with Crippen LogP contribution in [0.2, 0.25) is 0 Å². The molecule has 0 saturated heterocycles. The van der Waals surface area contributed by atoms with Crippen molar-refractivity contribution in [3.63, 3.8) is 0 Å². The summed E-state index contributed by atoms with van der Waals surface area (Å²) in [5.74, 6) is 1.64. The Morgan fingerprint density at radius 3 is 2.52 bits per heavy atom. The second-order valence-corrected chi connectivity index (χ2v) is 7.96. The summed E-state index contributed by atoms with van der Waals surface area (Å²) in [6, 6.07) is 17.8. The van der Waals surface area contributed by atoms with E-state index < -0.39 is 0 Å². The summed E-state index contributed by atoms with van der Waals surface area (Å²) in [5, 5.41) is 6.98. The third-order valence-corrected chi connectivity index (χ3v) is 5.37. The van der Waals surface area contributed by atoms with E-state index in [9.17, 15) is 4.79 Å². The topological polar surface area (TPSA) is 68.0 Å². The van der Waals surface area contributed by atoms with Crippen LogP contribution in [-0.2, 0) is 11.2 Å². The molecule has 0 radical (unpaired) electrons. The van der Waals surface area contributed by atoms with Crippen molar-refractivity contribution >= 4 is 17.7 Å². The maximum Gasteiger partial charge on any atom is 0.252 e.